The molecular formula is C16H17F3N4O. The molecule has 0 aliphatic heterocycles. The Morgan fingerprint density at radius 3 is 2.83 bits per heavy atom. The molecule has 5 nitrogen and oxygen atoms in total. The Bertz CT molecular complexity index is 700. The second-order valence-corrected chi connectivity index (χ2v) is 5.95. The molecule has 2 aromatic rings. The Morgan fingerprint density at radius 1 is 1.29 bits per heavy atom. The molecule has 1 saturated carbocycles. The Hall–Kier alpha value is -2.38. The zero-order chi connectivity index (χ0) is 17.2. The Kier molecular flexibility index (Phi) is 4.55. The van der Waals surface area contributed by atoms with Crippen LogP contribution in [0.5, 0.6) is 0 Å². The number of nitrogens with zero attached hydrogens (tertiary/aromatic N) is 3. The van der Waals surface area contributed by atoms with Gasteiger partial charge in [-0.15, -0.1) is 0 Å². The molecule has 0 aromatic carbocycles. The number of hydrogen-bond acceptors (Lipinski definition) is 3. The summed E-state index contributed by atoms with van der Waals surface area (Å²) in [6, 6.07) is 2.67. The van der Waals surface area contributed by atoms with Crippen molar-refractivity contribution in [2.75, 3.05) is 0 Å². The van der Waals surface area contributed by atoms with Gasteiger partial charge in [-0.1, -0.05) is 6.42 Å². The molecule has 2 aromatic heterocycles. The highest BCUT2D eigenvalue weighted by molar-refractivity contribution is 5.94. The van der Waals surface area contributed by atoms with Crippen molar-refractivity contribution in [3.63, 3.8) is 0 Å². The molecular weight excluding hydrogens is 321 g/mol. The molecule has 1 amide bonds. The predicted molar refractivity (Wildman–Crippen MR) is 80.6 cm³/mol. The first-order valence-electron chi connectivity index (χ1n) is 7.75. The Balaban J connectivity index is 1.68. The number of carbonyl (C=O) groups is 1. The SMILES string of the molecule is O=C(NC1CCCC(C(F)(F)F)C1)c1ccnc(-n2ccnc2)c1. The van der Waals surface area contributed by atoms with E-state index >= 15 is 0 Å². The van der Waals surface area contributed by atoms with Gasteiger partial charge in [0, 0.05) is 30.2 Å². The van der Waals surface area contributed by atoms with Crippen LogP contribution in [0, 0.1) is 5.92 Å². The van der Waals surface area contributed by atoms with Gasteiger partial charge in [0.25, 0.3) is 5.91 Å². The molecule has 1 fully saturated rings. The minimum absolute atomic E-state index is 0.0608. The summed E-state index contributed by atoms with van der Waals surface area (Å²) in [4.78, 5) is 20.4. The highest BCUT2D eigenvalue weighted by atomic mass is 19.4. The average Bonchev–Trinajstić information content (AvgIpc) is 3.09. The molecule has 1 aliphatic carbocycles. The molecule has 1 aliphatic rings. The number of amides is 1. The van der Waals surface area contributed by atoms with Gasteiger partial charge in [-0.3, -0.25) is 9.36 Å². The van der Waals surface area contributed by atoms with Crippen LogP contribution in [0.1, 0.15) is 36.0 Å². The van der Waals surface area contributed by atoms with Gasteiger partial charge < -0.3 is 5.32 Å². The van der Waals surface area contributed by atoms with Crippen molar-refractivity contribution in [2.45, 2.75) is 37.9 Å². The molecule has 3 rings (SSSR count). The number of aromatic nitrogens is 3. The quantitative estimate of drug-likeness (QED) is 0.935. The van der Waals surface area contributed by atoms with Crippen LogP contribution in [0.25, 0.3) is 5.82 Å². The maximum atomic E-state index is 12.9. The number of carbonyl (C=O) groups excluding carboxylic acids is 1. The van der Waals surface area contributed by atoms with Crippen LogP contribution >= 0.6 is 0 Å². The van der Waals surface area contributed by atoms with E-state index in [9.17, 15) is 18.0 Å². The average molecular weight is 338 g/mol. The largest absolute Gasteiger partial charge is 0.391 e. The second-order valence-electron chi connectivity index (χ2n) is 5.95. The Labute approximate surface area is 136 Å². The second kappa shape index (κ2) is 6.62. The Morgan fingerprint density at radius 2 is 2.12 bits per heavy atom. The number of pyridine rings is 1. The van der Waals surface area contributed by atoms with E-state index in [1.54, 1.807) is 35.4 Å². The summed E-state index contributed by atoms with van der Waals surface area (Å²) < 4.78 is 40.2. The van der Waals surface area contributed by atoms with E-state index in [0.29, 0.717) is 24.2 Å². The summed E-state index contributed by atoms with van der Waals surface area (Å²) in [7, 11) is 0. The van der Waals surface area contributed by atoms with E-state index in [-0.39, 0.29) is 18.7 Å². The molecule has 2 atom stereocenters. The first-order chi connectivity index (χ1) is 11.4. The van der Waals surface area contributed by atoms with Gasteiger partial charge in [0.05, 0.1) is 5.92 Å². The molecule has 0 bridgehead atoms. The highest BCUT2D eigenvalue weighted by Gasteiger charge is 2.42. The normalized spacial score (nSPS) is 21.5. The molecule has 1 N–H and O–H groups in total. The summed E-state index contributed by atoms with van der Waals surface area (Å²) in [5.41, 5.74) is 0.364. The maximum absolute atomic E-state index is 12.9. The van der Waals surface area contributed by atoms with Crippen molar-refractivity contribution in [2.24, 2.45) is 5.92 Å². The monoisotopic (exact) mass is 338 g/mol. The highest BCUT2D eigenvalue weighted by Crippen LogP contribution is 2.37. The van der Waals surface area contributed by atoms with E-state index < -0.39 is 18.1 Å². The zero-order valence-electron chi connectivity index (χ0n) is 12.8. The van der Waals surface area contributed by atoms with Crippen LogP contribution in [0.15, 0.2) is 37.1 Å². The number of alkyl halides is 3. The van der Waals surface area contributed by atoms with Gasteiger partial charge in [0.2, 0.25) is 0 Å². The van der Waals surface area contributed by atoms with Crippen LogP contribution < -0.4 is 5.32 Å². The fraction of sp³-hybridized carbons (Fsp3) is 0.438. The smallest absolute Gasteiger partial charge is 0.349 e. The fourth-order valence-corrected chi connectivity index (χ4v) is 2.98. The molecule has 24 heavy (non-hydrogen) atoms. The summed E-state index contributed by atoms with van der Waals surface area (Å²) >= 11 is 0. The van der Waals surface area contributed by atoms with Crippen molar-refractivity contribution in [1.29, 1.82) is 0 Å². The van der Waals surface area contributed by atoms with E-state index in [0.717, 1.165) is 0 Å². The van der Waals surface area contributed by atoms with Gasteiger partial charge in [0.1, 0.15) is 12.1 Å². The molecule has 0 radical (unpaired) electrons. The number of nitrogens with one attached hydrogen (secondary N) is 1. The standard InChI is InChI=1S/C16H17F3N4O/c17-16(18,19)12-2-1-3-13(9-12)22-15(24)11-4-5-21-14(8-11)23-7-6-20-10-23/h4-8,10,12-13H,1-3,9H2,(H,22,24). The van der Waals surface area contributed by atoms with Gasteiger partial charge in [-0.2, -0.15) is 13.2 Å². The summed E-state index contributed by atoms with van der Waals surface area (Å²) in [5, 5.41) is 2.72. The number of hydrogen-bond donors (Lipinski definition) is 1. The number of halogens is 3. The van der Waals surface area contributed by atoms with Crippen LogP contribution in [-0.2, 0) is 0 Å². The van der Waals surface area contributed by atoms with Crippen molar-refractivity contribution in [3.8, 4) is 5.82 Å². The van der Waals surface area contributed by atoms with Crippen molar-refractivity contribution in [3.05, 3.63) is 42.6 Å². The van der Waals surface area contributed by atoms with E-state index in [1.807, 2.05) is 0 Å². The lowest BCUT2D eigenvalue weighted by molar-refractivity contribution is -0.183. The number of imidazole rings is 1. The fourth-order valence-electron chi connectivity index (χ4n) is 2.98. The van der Waals surface area contributed by atoms with E-state index in [2.05, 4.69) is 15.3 Å². The molecule has 2 unspecified atom stereocenters. The summed E-state index contributed by atoms with van der Waals surface area (Å²) in [5.74, 6) is -1.20. The third-order valence-electron chi connectivity index (χ3n) is 4.25. The third-order valence-corrected chi connectivity index (χ3v) is 4.25. The molecule has 0 saturated heterocycles. The lowest BCUT2D eigenvalue weighted by atomic mass is 9.85. The third kappa shape index (κ3) is 3.74. The van der Waals surface area contributed by atoms with Crippen molar-refractivity contribution < 1.29 is 18.0 Å². The van der Waals surface area contributed by atoms with Gasteiger partial charge >= 0.3 is 6.18 Å². The zero-order valence-corrected chi connectivity index (χ0v) is 12.8. The predicted octanol–water partition coefficient (Wildman–Crippen LogP) is 3.12. The summed E-state index contributed by atoms with van der Waals surface area (Å²) in [6.45, 7) is 0. The summed E-state index contributed by atoms with van der Waals surface area (Å²) in [6.07, 6.45) is 3.23. The topological polar surface area (TPSA) is 59.8 Å². The molecule has 8 heteroatoms. The molecule has 2 heterocycles. The van der Waals surface area contributed by atoms with Gasteiger partial charge in [-0.25, -0.2) is 9.97 Å². The van der Waals surface area contributed by atoms with Gasteiger partial charge in [0.15, 0.2) is 0 Å². The first-order valence-corrected chi connectivity index (χ1v) is 7.75. The lowest BCUT2D eigenvalue weighted by Crippen LogP contribution is -2.41. The maximum Gasteiger partial charge on any atom is 0.391 e. The van der Waals surface area contributed by atoms with Gasteiger partial charge in [-0.05, 0) is 31.4 Å². The van der Waals surface area contributed by atoms with E-state index in [1.165, 1.54) is 6.20 Å². The molecule has 0 spiro atoms. The van der Waals surface area contributed by atoms with Crippen LogP contribution in [-0.4, -0.2) is 32.7 Å². The van der Waals surface area contributed by atoms with Crippen LogP contribution in [0.2, 0.25) is 0 Å². The van der Waals surface area contributed by atoms with E-state index in [4.69, 9.17) is 0 Å². The molecule has 128 valence electrons. The first kappa shape index (κ1) is 16.5. The lowest BCUT2D eigenvalue weighted by Gasteiger charge is -2.31. The van der Waals surface area contributed by atoms with Crippen LogP contribution in [0.4, 0.5) is 13.2 Å². The minimum atomic E-state index is -4.20. The van der Waals surface area contributed by atoms with Crippen molar-refractivity contribution in [1.82, 2.24) is 19.9 Å². The van der Waals surface area contributed by atoms with Crippen molar-refractivity contribution >= 4 is 5.91 Å². The van der Waals surface area contributed by atoms with Crippen LogP contribution in [0.3, 0.4) is 0 Å². The number of rotatable bonds is 3. The minimum Gasteiger partial charge on any atom is -0.349 e.